The summed E-state index contributed by atoms with van der Waals surface area (Å²) in [6, 6.07) is 14.5. The van der Waals surface area contributed by atoms with Crippen molar-refractivity contribution in [1.82, 2.24) is 18.0 Å². The number of hydrogen-bond acceptors (Lipinski definition) is 8. The summed E-state index contributed by atoms with van der Waals surface area (Å²) in [5, 5.41) is 0. The van der Waals surface area contributed by atoms with Crippen molar-refractivity contribution in [2.45, 2.75) is 17.9 Å². The van der Waals surface area contributed by atoms with E-state index >= 15 is 0 Å². The first kappa shape index (κ1) is 20.9. The molecule has 0 radical (unpaired) electrons. The van der Waals surface area contributed by atoms with Gasteiger partial charge in [0.05, 0.1) is 18.3 Å². The minimum atomic E-state index is -3.69. The first-order valence-corrected chi connectivity index (χ1v) is 11.8. The molecule has 0 amide bonds. The second-order valence-electron chi connectivity index (χ2n) is 7.07. The molecular formula is C20H22N4O4S2. The molecule has 158 valence electrons. The van der Waals surface area contributed by atoms with Gasteiger partial charge in [0.15, 0.2) is 0 Å². The monoisotopic (exact) mass is 446 g/mol. The molecule has 0 spiro atoms. The van der Waals surface area contributed by atoms with Gasteiger partial charge in [-0.25, -0.2) is 8.42 Å². The average molecular weight is 447 g/mol. The number of aromatic nitrogens is 2. The Balaban J connectivity index is 1.36. The van der Waals surface area contributed by atoms with Crippen molar-refractivity contribution in [2.75, 3.05) is 32.7 Å². The lowest BCUT2D eigenvalue weighted by Gasteiger charge is -2.21. The van der Waals surface area contributed by atoms with Crippen molar-refractivity contribution < 1.29 is 17.9 Å². The number of rotatable bonds is 6. The number of carbonyl (C=O) groups is 1. The van der Waals surface area contributed by atoms with E-state index in [1.165, 1.54) is 4.31 Å². The van der Waals surface area contributed by atoms with E-state index < -0.39 is 10.0 Å². The molecule has 4 rings (SSSR count). The smallest absolute Gasteiger partial charge is 0.320 e. The number of esters is 1. The van der Waals surface area contributed by atoms with Gasteiger partial charge in [-0.05, 0) is 24.1 Å². The molecule has 1 saturated heterocycles. The molecule has 0 unspecified atom stereocenters. The van der Waals surface area contributed by atoms with Crippen LogP contribution in [0.4, 0.5) is 0 Å². The fourth-order valence-corrected chi connectivity index (χ4v) is 5.66. The van der Waals surface area contributed by atoms with Crippen LogP contribution in [0, 0.1) is 0 Å². The summed E-state index contributed by atoms with van der Waals surface area (Å²) >= 11 is 1.00. The van der Waals surface area contributed by atoms with Crippen molar-refractivity contribution in [3.05, 3.63) is 54.1 Å². The van der Waals surface area contributed by atoms with Crippen molar-refractivity contribution in [3.8, 4) is 0 Å². The van der Waals surface area contributed by atoms with E-state index in [9.17, 15) is 13.2 Å². The van der Waals surface area contributed by atoms with Crippen molar-refractivity contribution >= 4 is 38.8 Å². The van der Waals surface area contributed by atoms with Crippen LogP contribution in [0.2, 0.25) is 0 Å². The zero-order valence-corrected chi connectivity index (χ0v) is 17.9. The van der Waals surface area contributed by atoms with Gasteiger partial charge in [0, 0.05) is 26.2 Å². The Morgan fingerprint density at radius 3 is 2.67 bits per heavy atom. The fourth-order valence-electron chi connectivity index (χ4n) is 3.44. The van der Waals surface area contributed by atoms with Gasteiger partial charge in [0.1, 0.15) is 22.5 Å². The van der Waals surface area contributed by atoms with Crippen molar-refractivity contribution in [1.29, 1.82) is 0 Å². The van der Waals surface area contributed by atoms with E-state index in [1.54, 1.807) is 18.2 Å². The molecule has 30 heavy (non-hydrogen) atoms. The summed E-state index contributed by atoms with van der Waals surface area (Å²) < 4.78 is 41.5. The topological polar surface area (TPSA) is 92.7 Å². The summed E-state index contributed by atoms with van der Waals surface area (Å²) in [5.41, 5.74) is 1.93. The molecule has 0 atom stereocenters. The number of nitrogens with zero attached hydrogens (tertiary/aromatic N) is 4. The highest BCUT2D eigenvalue weighted by atomic mass is 32.2. The number of benzene rings is 2. The first-order chi connectivity index (χ1) is 14.5. The maximum Gasteiger partial charge on any atom is 0.320 e. The normalized spacial score (nSPS) is 16.4. The molecule has 0 N–H and O–H groups in total. The maximum atomic E-state index is 13.2. The minimum Gasteiger partial charge on any atom is -0.460 e. The van der Waals surface area contributed by atoms with E-state index in [2.05, 4.69) is 8.75 Å². The second kappa shape index (κ2) is 9.17. The Bertz CT molecular complexity index is 1120. The Kier molecular flexibility index (Phi) is 6.38. The van der Waals surface area contributed by atoms with Gasteiger partial charge in [-0.15, -0.1) is 0 Å². The molecule has 1 aliphatic heterocycles. The van der Waals surface area contributed by atoms with Gasteiger partial charge in [-0.2, -0.15) is 13.1 Å². The number of sulfonamides is 1. The lowest BCUT2D eigenvalue weighted by molar-refractivity contribution is -0.146. The van der Waals surface area contributed by atoms with Gasteiger partial charge in [0.2, 0.25) is 10.0 Å². The molecule has 2 heterocycles. The highest BCUT2D eigenvalue weighted by molar-refractivity contribution is 7.89. The third-order valence-corrected chi connectivity index (χ3v) is 7.48. The fraction of sp³-hybridized carbons (Fsp3) is 0.350. The Morgan fingerprint density at radius 2 is 1.83 bits per heavy atom. The summed E-state index contributed by atoms with van der Waals surface area (Å²) in [6.07, 6.45) is 0.635. The summed E-state index contributed by atoms with van der Waals surface area (Å²) in [6.45, 7) is 2.18. The molecule has 3 aromatic rings. The number of hydrogen-bond donors (Lipinski definition) is 0. The van der Waals surface area contributed by atoms with Crippen molar-refractivity contribution in [3.63, 3.8) is 0 Å². The highest BCUT2D eigenvalue weighted by Gasteiger charge is 2.29. The largest absolute Gasteiger partial charge is 0.460 e. The standard InChI is InChI=1S/C20H22N4O4S2/c25-19(28-15-16-6-2-1-3-7-16)14-23-10-5-11-24(13-12-23)30(26,27)18-9-4-8-17-20(18)22-29-21-17/h1-4,6-9H,5,10-15H2. The third kappa shape index (κ3) is 4.67. The van der Waals surface area contributed by atoms with E-state index in [4.69, 9.17) is 4.74 Å². The van der Waals surface area contributed by atoms with Crippen LogP contribution >= 0.6 is 11.7 Å². The van der Waals surface area contributed by atoms with E-state index in [0.717, 1.165) is 17.3 Å². The predicted octanol–water partition coefficient (Wildman–Crippen LogP) is 2.13. The number of ether oxygens (including phenoxy) is 1. The third-order valence-electron chi connectivity index (χ3n) is 5.01. The first-order valence-electron chi connectivity index (χ1n) is 9.67. The van der Waals surface area contributed by atoms with Crippen molar-refractivity contribution in [2.24, 2.45) is 0 Å². The van der Waals surface area contributed by atoms with Gasteiger partial charge in [-0.3, -0.25) is 9.69 Å². The SMILES string of the molecule is O=C(CN1CCCN(S(=O)(=O)c2cccc3nsnc23)CC1)OCc1ccccc1. The molecule has 1 aliphatic rings. The molecule has 8 nitrogen and oxygen atoms in total. The van der Waals surface area contributed by atoms with Crippen LogP contribution in [0.25, 0.3) is 11.0 Å². The lowest BCUT2D eigenvalue weighted by atomic mass is 10.2. The molecule has 10 heteroatoms. The van der Waals surface area contributed by atoms with Crippen LogP contribution in [0.1, 0.15) is 12.0 Å². The quantitative estimate of drug-likeness (QED) is 0.536. The summed E-state index contributed by atoms with van der Waals surface area (Å²) in [4.78, 5) is 14.3. The predicted molar refractivity (Wildman–Crippen MR) is 113 cm³/mol. The molecule has 0 bridgehead atoms. The van der Waals surface area contributed by atoms with E-state index in [0.29, 0.717) is 43.6 Å². The van der Waals surface area contributed by atoms with E-state index in [1.807, 2.05) is 35.2 Å². The van der Waals surface area contributed by atoms with Crippen LogP contribution < -0.4 is 0 Å². The molecule has 1 aromatic heterocycles. The molecular weight excluding hydrogens is 424 g/mol. The minimum absolute atomic E-state index is 0.145. The zero-order valence-electron chi connectivity index (χ0n) is 16.3. The average Bonchev–Trinajstić information content (AvgIpc) is 3.11. The Morgan fingerprint density at radius 1 is 1.00 bits per heavy atom. The summed E-state index contributed by atoms with van der Waals surface area (Å²) in [7, 11) is -3.69. The van der Waals surface area contributed by atoms with Gasteiger partial charge < -0.3 is 4.74 Å². The summed E-state index contributed by atoms with van der Waals surface area (Å²) in [5.74, 6) is -0.312. The highest BCUT2D eigenvalue weighted by Crippen LogP contribution is 2.25. The van der Waals surface area contributed by atoms with Crippen LogP contribution in [-0.2, 0) is 26.2 Å². The van der Waals surface area contributed by atoms with Crippen LogP contribution in [-0.4, -0.2) is 65.1 Å². The molecule has 2 aromatic carbocycles. The molecule has 1 fully saturated rings. The van der Waals surface area contributed by atoms with Gasteiger partial charge >= 0.3 is 5.97 Å². The lowest BCUT2D eigenvalue weighted by Crippen LogP contribution is -2.37. The maximum absolute atomic E-state index is 13.2. The van der Waals surface area contributed by atoms with Gasteiger partial charge in [-0.1, -0.05) is 36.4 Å². The Hall–Kier alpha value is -2.40. The van der Waals surface area contributed by atoms with E-state index in [-0.39, 0.29) is 24.0 Å². The molecule has 0 saturated carbocycles. The zero-order chi connectivity index (χ0) is 21.0. The molecule has 0 aliphatic carbocycles. The van der Waals surface area contributed by atoms with Crippen LogP contribution in [0.15, 0.2) is 53.4 Å². The van der Waals surface area contributed by atoms with Gasteiger partial charge in [0.25, 0.3) is 0 Å². The Labute approximate surface area is 179 Å². The second-order valence-corrected chi connectivity index (χ2v) is 9.50. The van der Waals surface area contributed by atoms with Crippen LogP contribution in [0.5, 0.6) is 0 Å². The number of fused-ring (bicyclic) bond motifs is 1. The number of carbonyl (C=O) groups excluding carboxylic acids is 1. The van der Waals surface area contributed by atoms with Crippen LogP contribution in [0.3, 0.4) is 0 Å².